The molecule has 28 heavy (non-hydrogen) atoms. The molecule has 3 rings (SSSR count). The predicted molar refractivity (Wildman–Crippen MR) is 107 cm³/mol. The van der Waals surface area contributed by atoms with Crippen molar-refractivity contribution in [2.24, 2.45) is 4.99 Å². The van der Waals surface area contributed by atoms with E-state index >= 15 is 0 Å². The van der Waals surface area contributed by atoms with Crippen LogP contribution in [0.1, 0.15) is 29.3 Å². The number of hydrogen-bond donors (Lipinski definition) is 0. The number of aliphatic imine (C=N–C) groups is 1. The Morgan fingerprint density at radius 3 is 2.39 bits per heavy atom. The molecule has 5 heteroatoms. The summed E-state index contributed by atoms with van der Waals surface area (Å²) in [7, 11) is 0. The minimum atomic E-state index is -0.622. The van der Waals surface area contributed by atoms with Gasteiger partial charge in [0.25, 0.3) is 0 Å². The van der Waals surface area contributed by atoms with E-state index in [0.29, 0.717) is 17.9 Å². The van der Waals surface area contributed by atoms with Gasteiger partial charge in [-0.15, -0.1) is 0 Å². The lowest BCUT2D eigenvalue weighted by molar-refractivity contribution is 0.0728. The van der Waals surface area contributed by atoms with Crippen molar-refractivity contribution >= 4 is 17.9 Å². The SMILES string of the molecule is CCCOc1ccc(C=Nc2ccc(C(=O)Oc3ccccc3F)cc2)cc1. The number of halogens is 1. The molecule has 0 atom stereocenters. The molecule has 0 bridgehead atoms. The highest BCUT2D eigenvalue weighted by atomic mass is 19.1. The zero-order valence-electron chi connectivity index (χ0n) is 15.5. The molecule has 0 aliphatic rings. The van der Waals surface area contributed by atoms with Crippen LogP contribution in [-0.2, 0) is 0 Å². The third kappa shape index (κ3) is 5.27. The van der Waals surface area contributed by atoms with Crippen molar-refractivity contribution in [2.75, 3.05) is 6.61 Å². The molecule has 0 aliphatic heterocycles. The summed E-state index contributed by atoms with van der Waals surface area (Å²) < 4.78 is 24.2. The van der Waals surface area contributed by atoms with Crippen molar-refractivity contribution in [1.82, 2.24) is 0 Å². The lowest BCUT2D eigenvalue weighted by Crippen LogP contribution is -2.09. The van der Waals surface area contributed by atoms with E-state index in [0.717, 1.165) is 17.7 Å². The van der Waals surface area contributed by atoms with E-state index < -0.39 is 11.8 Å². The molecule has 0 radical (unpaired) electrons. The van der Waals surface area contributed by atoms with Gasteiger partial charge in [-0.25, -0.2) is 9.18 Å². The molecule has 0 fully saturated rings. The highest BCUT2D eigenvalue weighted by Gasteiger charge is 2.11. The zero-order chi connectivity index (χ0) is 19.8. The van der Waals surface area contributed by atoms with Crippen LogP contribution in [0.25, 0.3) is 0 Å². The number of nitrogens with zero attached hydrogens (tertiary/aromatic N) is 1. The second kappa shape index (κ2) is 9.46. The third-order valence-electron chi connectivity index (χ3n) is 3.86. The summed E-state index contributed by atoms with van der Waals surface area (Å²) in [6.07, 6.45) is 2.70. The summed E-state index contributed by atoms with van der Waals surface area (Å²) in [6, 6.07) is 20.0. The Bertz CT molecular complexity index is 950. The number of carbonyl (C=O) groups is 1. The summed E-state index contributed by atoms with van der Waals surface area (Å²) in [6.45, 7) is 2.76. The van der Waals surface area contributed by atoms with Crippen LogP contribution in [0.5, 0.6) is 11.5 Å². The molecule has 0 saturated heterocycles. The number of para-hydroxylation sites is 1. The van der Waals surface area contributed by atoms with E-state index in [2.05, 4.69) is 11.9 Å². The minimum Gasteiger partial charge on any atom is -0.494 e. The summed E-state index contributed by atoms with van der Waals surface area (Å²) >= 11 is 0. The number of hydrogen-bond acceptors (Lipinski definition) is 4. The number of esters is 1. The van der Waals surface area contributed by atoms with Gasteiger partial charge in [-0.05, 0) is 72.6 Å². The monoisotopic (exact) mass is 377 g/mol. The first-order valence-electron chi connectivity index (χ1n) is 8.99. The first kappa shape index (κ1) is 19.3. The van der Waals surface area contributed by atoms with Crippen LogP contribution in [0.15, 0.2) is 77.8 Å². The van der Waals surface area contributed by atoms with E-state index in [1.54, 1.807) is 36.5 Å². The molecule has 0 amide bonds. The van der Waals surface area contributed by atoms with Gasteiger partial charge >= 0.3 is 5.97 Å². The lowest BCUT2D eigenvalue weighted by Gasteiger charge is -2.05. The number of rotatable bonds is 7. The fourth-order valence-corrected chi connectivity index (χ4v) is 2.39. The first-order chi connectivity index (χ1) is 13.7. The zero-order valence-corrected chi connectivity index (χ0v) is 15.5. The standard InChI is InChI=1S/C23H20FNO3/c1-2-15-27-20-13-7-17(8-14-20)16-25-19-11-9-18(10-12-19)23(26)28-22-6-4-3-5-21(22)24/h3-14,16H,2,15H2,1H3. The largest absolute Gasteiger partial charge is 0.494 e. The molecule has 0 aromatic heterocycles. The second-order valence-electron chi connectivity index (χ2n) is 6.04. The lowest BCUT2D eigenvalue weighted by atomic mass is 10.2. The Hall–Kier alpha value is -3.47. The summed E-state index contributed by atoms with van der Waals surface area (Å²) in [5.74, 6) is -0.468. The third-order valence-corrected chi connectivity index (χ3v) is 3.86. The van der Waals surface area contributed by atoms with Crippen molar-refractivity contribution in [1.29, 1.82) is 0 Å². The van der Waals surface area contributed by atoms with Gasteiger partial charge in [0.1, 0.15) is 5.75 Å². The number of carbonyl (C=O) groups excluding carboxylic acids is 1. The van der Waals surface area contributed by atoms with Gasteiger partial charge in [-0.2, -0.15) is 0 Å². The van der Waals surface area contributed by atoms with E-state index in [1.807, 2.05) is 24.3 Å². The summed E-state index contributed by atoms with van der Waals surface area (Å²) in [4.78, 5) is 16.5. The van der Waals surface area contributed by atoms with E-state index in [1.165, 1.54) is 18.2 Å². The van der Waals surface area contributed by atoms with E-state index in [9.17, 15) is 9.18 Å². The quantitative estimate of drug-likeness (QED) is 0.307. The molecule has 0 heterocycles. The molecule has 0 aliphatic carbocycles. The Morgan fingerprint density at radius 1 is 1.00 bits per heavy atom. The number of benzene rings is 3. The van der Waals surface area contributed by atoms with Crippen molar-refractivity contribution in [3.63, 3.8) is 0 Å². The van der Waals surface area contributed by atoms with Gasteiger partial charge in [0.2, 0.25) is 0 Å². The van der Waals surface area contributed by atoms with Crippen molar-refractivity contribution < 1.29 is 18.7 Å². The van der Waals surface area contributed by atoms with Gasteiger partial charge < -0.3 is 9.47 Å². The molecule has 0 unspecified atom stereocenters. The number of ether oxygens (including phenoxy) is 2. The van der Waals surface area contributed by atoms with E-state index in [-0.39, 0.29) is 5.75 Å². The van der Waals surface area contributed by atoms with Crippen LogP contribution < -0.4 is 9.47 Å². The van der Waals surface area contributed by atoms with E-state index in [4.69, 9.17) is 9.47 Å². The molecular weight excluding hydrogens is 357 g/mol. The van der Waals surface area contributed by atoms with Crippen LogP contribution in [0.4, 0.5) is 10.1 Å². The summed E-state index contributed by atoms with van der Waals surface area (Å²) in [5, 5.41) is 0. The van der Waals surface area contributed by atoms with Gasteiger partial charge in [0, 0.05) is 6.21 Å². The molecule has 4 nitrogen and oxygen atoms in total. The Labute approximate surface area is 163 Å². The van der Waals surface area contributed by atoms with Crippen LogP contribution >= 0.6 is 0 Å². The van der Waals surface area contributed by atoms with Gasteiger partial charge in [-0.3, -0.25) is 4.99 Å². The molecule has 142 valence electrons. The maximum Gasteiger partial charge on any atom is 0.343 e. The minimum absolute atomic E-state index is 0.0963. The Morgan fingerprint density at radius 2 is 1.71 bits per heavy atom. The molecule has 3 aromatic carbocycles. The van der Waals surface area contributed by atoms with Crippen molar-refractivity contribution in [2.45, 2.75) is 13.3 Å². The van der Waals surface area contributed by atoms with Crippen LogP contribution in [0.2, 0.25) is 0 Å². The fourth-order valence-electron chi connectivity index (χ4n) is 2.39. The highest BCUT2D eigenvalue weighted by Crippen LogP contribution is 2.19. The van der Waals surface area contributed by atoms with Crippen molar-refractivity contribution in [3.05, 3.63) is 89.7 Å². The second-order valence-corrected chi connectivity index (χ2v) is 6.04. The smallest absolute Gasteiger partial charge is 0.343 e. The average molecular weight is 377 g/mol. The molecular formula is C23H20FNO3. The Kier molecular flexibility index (Phi) is 6.52. The topological polar surface area (TPSA) is 47.9 Å². The van der Waals surface area contributed by atoms with Gasteiger partial charge in [0.15, 0.2) is 11.6 Å². The highest BCUT2D eigenvalue weighted by molar-refractivity contribution is 5.91. The Balaban J connectivity index is 1.61. The van der Waals surface area contributed by atoms with Gasteiger partial charge in [-0.1, -0.05) is 19.1 Å². The summed E-state index contributed by atoms with van der Waals surface area (Å²) in [5.41, 5.74) is 1.94. The molecule has 3 aromatic rings. The molecule has 0 N–H and O–H groups in total. The predicted octanol–water partition coefficient (Wildman–Crippen LogP) is 5.58. The van der Waals surface area contributed by atoms with Gasteiger partial charge in [0.05, 0.1) is 17.9 Å². The molecule has 0 saturated carbocycles. The van der Waals surface area contributed by atoms with Crippen LogP contribution in [0.3, 0.4) is 0 Å². The molecule has 0 spiro atoms. The maximum atomic E-state index is 13.6. The average Bonchev–Trinajstić information content (AvgIpc) is 2.73. The van der Waals surface area contributed by atoms with Crippen LogP contribution in [-0.4, -0.2) is 18.8 Å². The first-order valence-corrected chi connectivity index (χ1v) is 8.99. The van der Waals surface area contributed by atoms with Crippen LogP contribution in [0, 0.1) is 5.82 Å². The van der Waals surface area contributed by atoms with Crippen molar-refractivity contribution in [3.8, 4) is 11.5 Å². The maximum absolute atomic E-state index is 13.6. The fraction of sp³-hybridized carbons (Fsp3) is 0.130. The normalized spacial score (nSPS) is 10.8.